The van der Waals surface area contributed by atoms with Crippen molar-refractivity contribution in [2.45, 2.75) is 38.7 Å². The lowest BCUT2D eigenvalue weighted by Crippen LogP contribution is -2.37. The summed E-state index contributed by atoms with van der Waals surface area (Å²) in [4.78, 5) is 0. The fraction of sp³-hybridized carbons (Fsp3) is 0.533. The molecule has 1 aliphatic rings. The molecule has 17 heavy (non-hydrogen) atoms. The Labute approximate surface area is 104 Å². The Hall–Kier alpha value is -1.02. The molecule has 0 aromatic heterocycles. The lowest BCUT2D eigenvalue weighted by molar-refractivity contribution is 0.210. The summed E-state index contributed by atoms with van der Waals surface area (Å²) in [5.41, 5.74) is 1.55. The van der Waals surface area contributed by atoms with Gasteiger partial charge in [-0.05, 0) is 36.1 Å². The topological polar surface area (TPSA) is 21.3 Å². The maximum atomic E-state index is 5.90. The molecule has 0 bridgehead atoms. The van der Waals surface area contributed by atoms with Crippen molar-refractivity contribution in [3.05, 3.63) is 36.2 Å². The molecule has 1 heterocycles. The molecule has 1 aromatic rings. The zero-order valence-corrected chi connectivity index (χ0v) is 11.0. The van der Waals surface area contributed by atoms with Crippen molar-refractivity contribution in [1.29, 1.82) is 0 Å². The Balaban J connectivity index is 1.98. The van der Waals surface area contributed by atoms with Crippen LogP contribution in [0.5, 0.6) is 5.75 Å². The molecule has 1 atom stereocenters. The largest absolute Gasteiger partial charge is 0.489 e. The first-order chi connectivity index (χ1) is 8.05. The van der Waals surface area contributed by atoms with Crippen molar-refractivity contribution in [3.8, 4) is 5.75 Å². The third kappa shape index (κ3) is 3.47. The van der Waals surface area contributed by atoms with Gasteiger partial charge < -0.3 is 10.1 Å². The molecule has 1 fully saturated rings. The lowest BCUT2D eigenvalue weighted by Gasteiger charge is -2.24. The summed E-state index contributed by atoms with van der Waals surface area (Å²) >= 11 is 0. The van der Waals surface area contributed by atoms with Crippen molar-refractivity contribution in [2.75, 3.05) is 13.1 Å². The number of nitrogens with one attached hydrogen (secondary N) is 1. The number of benzene rings is 1. The third-order valence-corrected chi connectivity index (χ3v) is 3.10. The van der Waals surface area contributed by atoms with E-state index in [1.165, 1.54) is 5.56 Å². The number of hydrogen-bond donors (Lipinski definition) is 1. The van der Waals surface area contributed by atoms with Crippen molar-refractivity contribution in [3.63, 3.8) is 0 Å². The molecule has 0 amide bonds. The Morgan fingerprint density at radius 1 is 1.18 bits per heavy atom. The van der Waals surface area contributed by atoms with Gasteiger partial charge in [-0.15, -0.1) is 0 Å². The molecule has 1 saturated heterocycles. The molecule has 1 unspecified atom stereocenters. The number of piperidine rings is 1. The van der Waals surface area contributed by atoms with Crippen molar-refractivity contribution in [1.82, 2.24) is 5.32 Å². The fourth-order valence-corrected chi connectivity index (χ4v) is 2.00. The Morgan fingerprint density at radius 3 is 2.41 bits per heavy atom. The smallest absolute Gasteiger partial charge is 0.119 e. The van der Waals surface area contributed by atoms with Gasteiger partial charge in [0.05, 0.1) is 0 Å². The van der Waals surface area contributed by atoms with Crippen molar-refractivity contribution in [2.24, 2.45) is 0 Å². The number of hydrogen-bond acceptors (Lipinski definition) is 2. The van der Waals surface area contributed by atoms with Crippen LogP contribution >= 0.6 is 0 Å². The highest BCUT2D eigenvalue weighted by Crippen LogP contribution is 2.25. The predicted octanol–water partition coefficient (Wildman–Crippen LogP) is 2.93. The van der Waals surface area contributed by atoms with E-state index in [1.54, 1.807) is 0 Å². The van der Waals surface area contributed by atoms with Gasteiger partial charge >= 0.3 is 0 Å². The Kier molecular flexibility index (Phi) is 3.72. The highest BCUT2D eigenvalue weighted by atomic mass is 16.5. The first kappa shape index (κ1) is 12.4. The average molecular weight is 232 g/mol. The van der Waals surface area contributed by atoms with E-state index in [1.807, 2.05) is 0 Å². The van der Waals surface area contributed by atoms with Gasteiger partial charge in [0, 0.05) is 13.0 Å². The monoisotopic (exact) mass is 232 g/mol. The van der Waals surface area contributed by atoms with Gasteiger partial charge in [-0.1, -0.05) is 32.9 Å². The molecule has 2 heteroatoms. The molecule has 2 nitrogen and oxygen atoms in total. The second-order valence-corrected chi connectivity index (χ2v) is 5.66. The molecule has 0 saturated carbocycles. The average Bonchev–Trinajstić information content (AvgIpc) is 2.30. The van der Waals surface area contributed by atoms with Crippen LogP contribution in [0.4, 0.5) is 0 Å². The molecule has 0 spiro atoms. The maximum absolute atomic E-state index is 5.90. The van der Waals surface area contributed by atoms with Crippen LogP contribution in [0.1, 0.15) is 32.8 Å². The molecule has 1 radical (unpaired) electrons. The first-order valence-corrected chi connectivity index (χ1v) is 6.37. The van der Waals surface area contributed by atoms with E-state index in [4.69, 9.17) is 4.74 Å². The van der Waals surface area contributed by atoms with E-state index in [-0.39, 0.29) is 11.5 Å². The zero-order valence-electron chi connectivity index (χ0n) is 11.0. The van der Waals surface area contributed by atoms with Gasteiger partial charge in [0.2, 0.25) is 0 Å². The Morgan fingerprint density at radius 2 is 1.88 bits per heavy atom. The van der Waals surface area contributed by atoms with Gasteiger partial charge in [-0.3, -0.25) is 0 Å². The minimum atomic E-state index is 0.205. The van der Waals surface area contributed by atoms with E-state index in [0.29, 0.717) is 0 Å². The predicted molar refractivity (Wildman–Crippen MR) is 71.3 cm³/mol. The van der Waals surface area contributed by atoms with Gasteiger partial charge in [0.15, 0.2) is 0 Å². The maximum Gasteiger partial charge on any atom is 0.119 e. The molecule has 1 aromatic carbocycles. The molecule has 93 valence electrons. The summed E-state index contributed by atoms with van der Waals surface area (Å²) in [5.74, 6) is 0.961. The van der Waals surface area contributed by atoms with E-state index in [2.05, 4.69) is 56.8 Å². The summed E-state index contributed by atoms with van der Waals surface area (Å²) in [6, 6.07) is 8.46. The fourth-order valence-electron chi connectivity index (χ4n) is 2.00. The van der Waals surface area contributed by atoms with Crippen LogP contribution in [-0.2, 0) is 5.41 Å². The zero-order chi connectivity index (χ0) is 12.3. The van der Waals surface area contributed by atoms with Crippen LogP contribution < -0.4 is 10.1 Å². The normalized spacial score (nSPS) is 21.2. The summed E-state index contributed by atoms with van der Waals surface area (Å²) < 4.78 is 5.90. The summed E-state index contributed by atoms with van der Waals surface area (Å²) in [6.07, 6.45) is 3.54. The van der Waals surface area contributed by atoms with E-state index < -0.39 is 0 Å². The molecular weight excluding hydrogens is 210 g/mol. The Bertz CT molecular complexity index is 344. The highest BCUT2D eigenvalue weighted by Gasteiger charge is 2.16. The van der Waals surface area contributed by atoms with Gasteiger partial charge in [0.25, 0.3) is 0 Å². The van der Waals surface area contributed by atoms with Crippen LogP contribution in [0.15, 0.2) is 24.3 Å². The van der Waals surface area contributed by atoms with Crippen molar-refractivity contribution < 1.29 is 4.74 Å². The van der Waals surface area contributed by atoms with Crippen LogP contribution in [0.25, 0.3) is 0 Å². The standard InChI is InChI=1S/C15H22NO/c1-15(2,3)12-6-8-13(9-7-12)17-14-5-4-10-16-11-14/h5-9,14,16H,4,10-11H2,1-3H3. The quantitative estimate of drug-likeness (QED) is 0.846. The molecule has 0 aliphatic carbocycles. The summed E-state index contributed by atoms with van der Waals surface area (Å²) in [6.45, 7) is 8.66. The second kappa shape index (κ2) is 5.09. The molecule has 2 rings (SSSR count). The van der Waals surface area contributed by atoms with E-state index in [9.17, 15) is 0 Å². The van der Waals surface area contributed by atoms with Crippen LogP contribution in [0.2, 0.25) is 0 Å². The summed E-state index contributed by atoms with van der Waals surface area (Å²) in [7, 11) is 0. The van der Waals surface area contributed by atoms with Crippen LogP contribution in [0.3, 0.4) is 0 Å². The number of ether oxygens (including phenoxy) is 1. The molecule has 1 N–H and O–H groups in total. The van der Waals surface area contributed by atoms with Gasteiger partial charge in [-0.2, -0.15) is 0 Å². The van der Waals surface area contributed by atoms with Gasteiger partial charge in [-0.25, -0.2) is 0 Å². The second-order valence-electron chi connectivity index (χ2n) is 5.66. The molecule has 1 aliphatic heterocycles. The summed E-state index contributed by atoms with van der Waals surface area (Å²) in [5, 5.41) is 3.33. The van der Waals surface area contributed by atoms with E-state index >= 15 is 0 Å². The van der Waals surface area contributed by atoms with Crippen LogP contribution in [0, 0.1) is 6.42 Å². The third-order valence-electron chi connectivity index (χ3n) is 3.10. The minimum Gasteiger partial charge on any atom is -0.489 e. The highest BCUT2D eigenvalue weighted by molar-refractivity contribution is 5.31. The number of rotatable bonds is 2. The van der Waals surface area contributed by atoms with Crippen molar-refractivity contribution >= 4 is 0 Å². The first-order valence-electron chi connectivity index (χ1n) is 6.37. The SMILES string of the molecule is CC(C)(C)c1ccc(OC2[CH]CCNC2)cc1. The molecular formula is C15H22NO. The van der Waals surface area contributed by atoms with E-state index in [0.717, 1.165) is 25.3 Å². The minimum absolute atomic E-state index is 0.205. The van der Waals surface area contributed by atoms with Crippen LogP contribution in [-0.4, -0.2) is 19.2 Å². The van der Waals surface area contributed by atoms with Gasteiger partial charge in [0.1, 0.15) is 11.9 Å². The lowest BCUT2D eigenvalue weighted by atomic mass is 9.87.